The summed E-state index contributed by atoms with van der Waals surface area (Å²) in [6.45, 7) is 6.28. The maximum Gasteiger partial charge on any atom is 0.223 e. The van der Waals surface area contributed by atoms with Crippen LogP contribution in [0.5, 0.6) is 5.75 Å². The van der Waals surface area contributed by atoms with E-state index >= 15 is 0 Å². The van der Waals surface area contributed by atoms with Crippen molar-refractivity contribution in [2.75, 3.05) is 53.9 Å². The first-order chi connectivity index (χ1) is 13.5. The van der Waals surface area contributed by atoms with Crippen LogP contribution in [0.15, 0.2) is 29.3 Å². The van der Waals surface area contributed by atoms with E-state index in [1.165, 1.54) is 18.4 Å². The van der Waals surface area contributed by atoms with E-state index in [-0.39, 0.29) is 11.9 Å². The van der Waals surface area contributed by atoms with Gasteiger partial charge in [-0.2, -0.15) is 0 Å². The highest BCUT2D eigenvalue weighted by atomic mass is 16.5. The van der Waals surface area contributed by atoms with Crippen molar-refractivity contribution in [3.63, 3.8) is 0 Å². The Bertz CT molecular complexity index is 624. The number of carbonyl (C=O) groups is 1. The van der Waals surface area contributed by atoms with Crippen LogP contribution in [-0.2, 0) is 4.79 Å². The first-order valence-corrected chi connectivity index (χ1v) is 10.2. The Morgan fingerprint density at radius 3 is 2.46 bits per heavy atom. The number of nitrogens with one attached hydrogen (secondary N) is 2. The average Bonchev–Trinajstić information content (AvgIpc) is 3.22. The van der Waals surface area contributed by atoms with Gasteiger partial charge in [0.05, 0.1) is 19.7 Å². The van der Waals surface area contributed by atoms with Gasteiger partial charge in [-0.05, 0) is 50.6 Å². The summed E-state index contributed by atoms with van der Waals surface area (Å²) in [5, 5.41) is 6.55. The molecule has 1 aromatic rings. The number of nitrogens with zero attached hydrogens (tertiary/aromatic N) is 3. The monoisotopic (exact) mass is 389 g/mol. The van der Waals surface area contributed by atoms with Crippen LogP contribution in [0.1, 0.15) is 37.8 Å². The zero-order valence-electron chi connectivity index (χ0n) is 17.7. The fourth-order valence-corrected chi connectivity index (χ4v) is 3.34. The van der Waals surface area contributed by atoms with Crippen LogP contribution in [0.25, 0.3) is 0 Å². The van der Waals surface area contributed by atoms with E-state index in [0.29, 0.717) is 19.5 Å². The first-order valence-electron chi connectivity index (χ1n) is 10.2. The summed E-state index contributed by atoms with van der Waals surface area (Å²) in [6.07, 6.45) is 2.92. The number of hydrogen-bond donors (Lipinski definition) is 2. The molecule has 0 radical (unpaired) electrons. The molecule has 0 aliphatic carbocycles. The summed E-state index contributed by atoms with van der Waals surface area (Å²) in [7, 11) is 5.24. The fourth-order valence-electron chi connectivity index (χ4n) is 3.34. The molecule has 1 saturated heterocycles. The van der Waals surface area contributed by atoms with Gasteiger partial charge in [-0.1, -0.05) is 12.1 Å². The molecule has 0 bridgehead atoms. The van der Waals surface area contributed by atoms with E-state index in [1.54, 1.807) is 26.1 Å². The van der Waals surface area contributed by atoms with Crippen LogP contribution >= 0.6 is 0 Å². The fraction of sp³-hybridized carbons (Fsp3) is 0.619. The maximum atomic E-state index is 11.8. The molecule has 156 valence electrons. The molecular formula is C21H35N5O2. The lowest BCUT2D eigenvalue weighted by Gasteiger charge is -2.27. The third-order valence-electron chi connectivity index (χ3n) is 4.98. The summed E-state index contributed by atoms with van der Waals surface area (Å²) in [5.41, 5.74) is 1.25. The summed E-state index contributed by atoms with van der Waals surface area (Å²) < 4.78 is 5.29. The molecule has 0 saturated carbocycles. The molecular weight excluding hydrogens is 354 g/mol. The Morgan fingerprint density at radius 2 is 1.89 bits per heavy atom. The molecule has 7 heteroatoms. The van der Waals surface area contributed by atoms with Gasteiger partial charge in [0.25, 0.3) is 0 Å². The summed E-state index contributed by atoms with van der Waals surface area (Å²) >= 11 is 0. The SMILES string of the molecule is CCNC(=NCC(c1ccc(OC)cc1)N1CCCC1)NCCC(=O)N(C)C. The van der Waals surface area contributed by atoms with Crippen LogP contribution < -0.4 is 15.4 Å². The highest BCUT2D eigenvalue weighted by Gasteiger charge is 2.23. The van der Waals surface area contributed by atoms with Gasteiger partial charge >= 0.3 is 0 Å². The van der Waals surface area contributed by atoms with E-state index in [4.69, 9.17) is 9.73 Å². The van der Waals surface area contributed by atoms with Gasteiger partial charge in [0.15, 0.2) is 5.96 Å². The number of ether oxygens (including phenoxy) is 1. The summed E-state index contributed by atoms with van der Waals surface area (Å²) in [6, 6.07) is 8.53. The second-order valence-electron chi connectivity index (χ2n) is 7.22. The van der Waals surface area contributed by atoms with Crippen molar-refractivity contribution in [2.24, 2.45) is 4.99 Å². The quantitative estimate of drug-likeness (QED) is 0.498. The zero-order chi connectivity index (χ0) is 20.4. The van der Waals surface area contributed by atoms with E-state index in [9.17, 15) is 4.79 Å². The average molecular weight is 390 g/mol. The first kappa shape index (κ1) is 22.0. The molecule has 1 aromatic carbocycles. The Balaban J connectivity index is 2.05. The van der Waals surface area contributed by atoms with Crippen LogP contribution in [0.3, 0.4) is 0 Å². The number of likely N-dealkylation sites (tertiary alicyclic amines) is 1. The molecule has 1 amide bonds. The Kier molecular flexibility index (Phi) is 9.07. The molecule has 2 rings (SSSR count). The van der Waals surface area contributed by atoms with Crippen LogP contribution in [0.2, 0.25) is 0 Å². The minimum absolute atomic E-state index is 0.108. The standard InChI is InChI=1S/C21H35N5O2/c1-5-22-21(23-13-12-20(27)25(2)3)24-16-19(26-14-6-7-15-26)17-8-10-18(28-4)11-9-17/h8-11,19H,5-7,12-16H2,1-4H3,(H2,22,23,24). The van der Waals surface area contributed by atoms with Gasteiger partial charge in [-0.3, -0.25) is 14.7 Å². The van der Waals surface area contributed by atoms with Gasteiger partial charge in [-0.15, -0.1) is 0 Å². The van der Waals surface area contributed by atoms with E-state index in [1.807, 2.05) is 19.1 Å². The van der Waals surface area contributed by atoms with Crippen LogP contribution in [0, 0.1) is 0 Å². The van der Waals surface area contributed by atoms with Crippen molar-refractivity contribution >= 4 is 11.9 Å². The van der Waals surface area contributed by atoms with Gasteiger partial charge in [-0.25, -0.2) is 0 Å². The highest BCUT2D eigenvalue weighted by Crippen LogP contribution is 2.27. The van der Waals surface area contributed by atoms with E-state index < -0.39 is 0 Å². The number of amides is 1. The lowest BCUT2D eigenvalue weighted by atomic mass is 10.1. The number of guanidine groups is 1. The second-order valence-corrected chi connectivity index (χ2v) is 7.22. The number of aliphatic imine (C=N–C) groups is 1. The minimum Gasteiger partial charge on any atom is -0.497 e. The van der Waals surface area contributed by atoms with Crippen molar-refractivity contribution in [1.29, 1.82) is 0 Å². The van der Waals surface area contributed by atoms with Gasteiger partial charge in [0, 0.05) is 33.6 Å². The molecule has 0 spiro atoms. The number of benzene rings is 1. The molecule has 1 atom stereocenters. The maximum absolute atomic E-state index is 11.8. The number of methoxy groups -OCH3 is 1. The summed E-state index contributed by atoms with van der Waals surface area (Å²) in [5.74, 6) is 1.73. The molecule has 0 aromatic heterocycles. The van der Waals surface area contributed by atoms with Crippen LogP contribution in [0.4, 0.5) is 0 Å². The van der Waals surface area contributed by atoms with Crippen LogP contribution in [-0.4, -0.2) is 75.6 Å². The molecule has 1 heterocycles. The van der Waals surface area contributed by atoms with Gasteiger partial charge < -0.3 is 20.3 Å². The molecule has 1 unspecified atom stereocenters. The molecule has 2 N–H and O–H groups in total. The van der Waals surface area contributed by atoms with Crippen molar-refractivity contribution < 1.29 is 9.53 Å². The predicted molar refractivity (Wildman–Crippen MR) is 114 cm³/mol. The smallest absolute Gasteiger partial charge is 0.223 e. The molecule has 7 nitrogen and oxygen atoms in total. The molecule has 1 fully saturated rings. The number of hydrogen-bond acceptors (Lipinski definition) is 4. The number of carbonyl (C=O) groups excluding carboxylic acids is 1. The van der Waals surface area contributed by atoms with Crippen molar-refractivity contribution in [3.8, 4) is 5.75 Å². The third-order valence-corrected chi connectivity index (χ3v) is 4.98. The number of rotatable bonds is 9. The molecule has 28 heavy (non-hydrogen) atoms. The lowest BCUT2D eigenvalue weighted by Crippen LogP contribution is -2.40. The van der Waals surface area contributed by atoms with Crippen molar-refractivity contribution in [1.82, 2.24) is 20.4 Å². The Labute approximate surface area is 169 Å². The largest absolute Gasteiger partial charge is 0.497 e. The topological polar surface area (TPSA) is 69.2 Å². The lowest BCUT2D eigenvalue weighted by molar-refractivity contribution is -0.128. The Hall–Kier alpha value is -2.28. The van der Waals surface area contributed by atoms with E-state index in [2.05, 4.69) is 27.7 Å². The third kappa shape index (κ3) is 6.71. The van der Waals surface area contributed by atoms with Crippen molar-refractivity contribution in [2.45, 2.75) is 32.2 Å². The predicted octanol–water partition coefficient (Wildman–Crippen LogP) is 1.87. The molecule has 1 aliphatic heterocycles. The van der Waals surface area contributed by atoms with Crippen molar-refractivity contribution in [3.05, 3.63) is 29.8 Å². The minimum atomic E-state index is 0.108. The molecule has 1 aliphatic rings. The highest BCUT2D eigenvalue weighted by molar-refractivity contribution is 5.81. The van der Waals surface area contributed by atoms with Gasteiger partial charge in [0.1, 0.15) is 5.75 Å². The zero-order valence-corrected chi connectivity index (χ0v) is 17.7. The van der Waals surface area contributed by atoms with E-state index in [0.717, 1.165) is 31.3 Å². The normalized spacial score (nSPS) is 15.9. The second kappa shape index (κ2) is 11.5. The Morgan fingerprint density at radius 1 is 1.21 bits per heavy atom. The van der Waals surface area contributed by atoms with Gasteiger partial charge in [0.2, 0.25) is 5.91 Å². The summed E-state index contributed by atoms with van der Waals surface area (Å²) in [4.78, 5) is 20.7.